The van der Waals surface area contributed by atoms with Crippen molar-refractivity contribution in [2.45, 2.75) is 6.92 Å². The topological polar surface area (TPSA) is 61.9 Å². The fourth-order valence-corrected chi connectivity index (χ4v) is 3.84. The van der Waals surface area contributed by atoms with Crippen molar-refractivity contribution in [1.82, 2.24) is 9.97 Å². The summed E-state index contributed by atoms with van der Waals surface area (Å²) in [4.78, 5) is 20.4. The Morgan fingerprint density at radius 1 is 1.00 bits per heavy atom. The van der Waals surface area contributed by atoms with E-state index in [1.54, 1.807) is 42.0 Å². The molecule has 5 nitrogen and oxygen atoms in total. The molecule has 2 aromatic carbocycles. The lowest BCUT2D eigenvalue weighted by Gasteiger charge is -2.09. The lowest BCUT2D eigenvalue weighted by molar-refractivity contribution is -0.498. The van der Waals surface area contributed by atoms with Crippen LogP contribution in [0.15, 0.2) is 85.3 Å². The van der Waals surface area contributed by atoms with Gasteiger partial charge in [0.1, 0.15) is 11.8 Å². The molecule has 0 aliphatic rings. The second-order valence-corrected chi connectivity index (χ2v) is 7.59. The standard InChI is InChI=1S/C26H18F2N4O/c1-16-21(26(33)31-18-7-3-2-4-8-18)13-17(14-29-16)19-10-6-12-32-23(19)15-30-25(32)20-9-5-11-22(27)24(20)28/h2-15H,1H3,(H,31,33)/p+1. The molecule has 0 bridgehead atoms. The monoisotopic (exact) mass is 441 g/mol. The molecule has 0 saturated heterocycles. The summed E-state index contributed by atoms with van der Waals surface area (Å²) in [6.45, 7) is 1.78. The smallest absolute Gasteiger partial charge is 0.294 e. The summed E-state index contributed by atoms with van der Waals surface area (Å²) in [6, 6.07) is 18.7. The van der Waals surface area contributed by atoms with Gasteiger partial charge in [0.15, 0.2) is 17.2 Å². The second-order valence-electron chi connectivity index (χ2n) is 7.59. The van der Waals surface area contributed by atoms with Gasteiger partial charge in [-0.05, 0) is 49.4 Å². The lowest BCUT2D eigenvalue weighted by Crippen LogP contribution is -2.22. The molecule has 5 aromatic rings. The Bertz CT molecular complexity index is 1500. The van der Waals surface area contributed by atoms with Gasteiger partial charge >= 0.3 is 0 Å². The molecular formula is C26H19F2N4O+. The van der Waals surface area contributed by atoms with Gasteiger partial charge in [0.05, 0.1) is 17.5 Å². The molecular weight excluding hydrogens is 422 g/mol. The van der Waals surface area contributed by atoms with Crippen LogP contribution in [0.3, 0.4) is 0 Å². The minimum absolute atomic E-state index is 0.122. The molecule has 0 radical (unpaired) electrons. The van der Waals surface area contributed by atoms with Crippen LogP contribution < -0.4 is 9.72 Å². The molecule has 3 aromatic heterocycles. The first-order valence-corrected chi connectivity index (χ1v) is 10.3. The van der Waals surface area contributed by atoms with Gasteiger partial charge in [0, 0.05) is 23.0 Å². The van der Waals surface area contributed by atoms with Crippen molar-refractivity contribution >= 4 is 17.1 Å². The number of aryl methyl sites for hydroxylation is 1. The zero-order valence-corrected chi connectivity index (χ0v) is 17.6. The Labute approximate surface area is 188 Å². The first-order valence-electron chi connectivity index (χ1n) is 10.3. The second kappa shape index (κ2) is 8.27. The Hall–Kier alpha value is -4.39. The van der Waals surface area contributed by atoms with E-state index in [9.17, 15) is 13.6 Å². The van der Waals surface area contributed by atoms with Crippen LogP contribution in [0.2, 0.25) is 0 Å². The van der Waals surface area contributed by atoms with Crippen molar-refractivity contribution in [3.63, 3.8) is 0 Å². The van der Waals surface area contributed by atoms with Crippen molar-refractivity contribution in [3.8, 4) is 22.5 Å². The molecule has 33 heavy (non-hydrogen) atoms. The van der Waals surface area contributed by atoms with Crippen LogP contribution in [0.1, 0.15) is 16.1 Å². The fourth-order valence-electron chi connectivity index (χ4n) is 3.84. The summed E-state index contributed by atoms with van der Waals surface area (Å²) in [5, 5.41) is 2.88. The van der Waals surface area contributed by atoms with E-state index in [0.717, 1.165) is 22.7 Å². The van der Waals surface area contributed by atoms with E-state index in [0.29, 0.717) is 22.8 Å². The molecule has 0 spiro atoms. The SMILES string of the molecule is Cc1ncc(-c2ccc[n+]3c(-c4cccc(F)c4F)[nH]cc23)cc1C(=O)Nc1ccccc1. The number of anilines is 1. The van der Waals surface area contributed by atoms with Gasteiger partial charge < -0.3 is 5.32 Å². The van der Waals surface area contributed by atoms with Gasteiger partial charge in [-0.25, -0.2) is 13.8 Å². The number of rotatable bonds is 4. The van der Waals surface area contributed by atoms with Crippen molar-refractivity contribution in [1.29, 1.82) is 0 Å². The minimum atomic E-state index is -0.920. The molecule has 0 aliphatic carbocycles. The van der Waals surface area contributed by atoms with Crippen LogP contribution in [-0.2, 0) is 0 Å². The molecule has 3 heterocycles. The number of hydrogen-bond donors (Lipinski definition) is 2. The minimum Gasteiger partial charge on any atom is -0.322 e. The highest BCUT2D eigenvalue weighted by Gasteiger charge is 2.22. The number of fused-ring (bicyclic) bond motifs is 1. The van der Waals surface area contributed by atoms with Crippen molar-refractivity contribution in [3.05, 3.63) is 108 Å². The third kappa shape index (κ3) is 3.74. The number of nitrogens with zero attached hydrogens (tertiary/aromatic N) is 2. The summed E-state index contributed by atoms with van der Waals surface area (Å²) >= 11 is 0. The Balaban J connectivity index is 1.58. The first kappa shape index (κ1) is 20.5. The van der Waals surface area contributed by atoms with Crippen LogP contribution in [0.5, 0.6) is 0 Å². The van der Waals surface area contributed by atoms with Crippen molar-refractivity contribution in [2.75, 3.05) is 5.32 Å². The average Bonchev–Trinajstić information content (AvgIpc) is 3.26. The van der Waals surface area contributed by atoms with Crippen molar-refractivity contribution < 1.29 is 18.0 Å². The summed E-state index contributed by atoms with van der Waals surface area (Å²) in [5.41, 5.74) is 4.11. The maximum Gasteiger partial charge on any atom is 0.294 e. The summed E-state index contributed by atoms with van der Waals surface area (Å²) < 4.78 is 30.0. The highest BCUT2D eigenvalue weighted by Crippen LogP contribution is 2.27. The zero-order chi connectivity index (χ0) is 22.9. The average molecular weight is 441 g/mol. The van der Waals surface area contributed by atoms with Crippen LogP contribution in [0, 0.1) is 18.6 Å². The molecule has 1 amide bonds. The third-order valence-corrected chi connectivity index (χ3v) is 5.50. The molecule has 2 N–H and O–H groups in total. The quantitative estimate of drug-likeness (QED) is 0.371. The molecule has 162 valence electrons. The van der Waals surface area contributed by atoms with E-state index in [1.807, 2.05) is 36.4 Å². The number of halogens is 2. The molecule has 5 rings (SSSR count). The van der Waals surface area contributed by atoms with Gasteiger partial charge in [0.25, 0.3) is 11.7 Å². The maximum atomic E-state index is 14.4. The predicted molar refractivity (Wildman–Crippen MR) is 122 cm³/mol. The largest absolute Gasteiger partial charge is 0.322 e. The van der Waals surface area contributed by atoms with E-state index >= 15 is 0 Å². The van der Waals surface area contributed by atoms with Gasteiger partial charge in [-0.15, -0.1) is 0 Å². The van der Waals surface area contributed by atoms with E-state index in [1.165, 1.54) is 12.1 Å². The fraction of sp³-hybridized carbons (Fsp3) is 0.0385. The number of carbonyl (C=O) groups is 1. The molecule has 0 fully saturated rings. The van der Waals surface area contributed by atoms with Crippen LogP contribution in [-0.4, -0.2) is 15.9 Å². The number of imidazole rings is 1. The molecule has 0 saturated carbocycles. The number of hydrogen-bond acceptors (Lipinski definition) is 2. The number of pyridine rings is 2. The van der Waals surface area contributed by atoms with Crippen LogP contribution >= 0.6 is 0 Å². The van der Waals surface area contributed by atoms with Gasteiger partial charge in [-0.3, -0.25) is 9.78 Å². The van der Waals surface area contributed by atoms with Gasteiger partial charge in [0.2, 0.25) is 0 Å². The number of H-pyrrole nitrogens is 1. The number of aromatic amines is 1. The Morgan fingerprint density at radius 3 is 2.61 bits per heavy atom. The molecule has 0 atom stereocenters. The number of nitrogens with one attached hydrogen (secondary N) is 2. The number of carbonyl (C=O) groups excluding carboxylic acids is 1. The number of para-hydroxylation sites is 1. The zero-order valence-electron chi connectivity index (χ0n) is 17.6. The van der Waals surface area contributed by atoms with Crippen LogP contribution in [0.4, 0.5) is 14.5 Å². The Morgan fingerprint density at radius 2 is 1.79 bits per heavy atom. The first-order chi connectivity index (χ1) is 16.0. The molecule has 0 aliphatic heterocycles. The van der Waals surface area contributed by atoms with Gasteiger partial charge in [-0.1, -0.05) is 24.3 Å². The summed E-state index contributed by atoms with van der Waals surface area (Å²) in [7, 11) is 0. The predicted octanol–water partition coefficient (Wildman–Crippen LogP) is 5.32. The summed E-state index contributed by atoms with van der Waals surface area (Å²) in [6.07, 6.45) is 5.18. The number of aromatic nitrogens is 3. The normalized spacial score (nSPS) is 11.0. The maximum absolute atomic E-state index is 14.4. The highest BCUT2D eigenvalue weighted by molar-refractivity contribution is 6.05. The molecule has 7 heteroatoms. The van der Waals surface area contributed by atoms with Gasteiger partial charge in [-0.2, -0.15) is 4.40 Å². The number of amides is 1. The summed E-state index contributed by atoms with van der Waals surface area (Å²) in [5.74, 6) is -1.68. The van der Waals surface area contributed by atoms with E-state index in [2.05, 4.69) is 15.3 Å². The van der Waals surface area contributed by atoms with Crippen molar-refractivity contribution in [2.24, 2.45) is 0 Å². The number of benzene rings is 2. The van der Waals surface area contributed by atoms with E-state index in [4.69, 9.17) is 0 Å². The van der Waals surface area contributed by atoms with E-state index < -0.39 is 11.6 Å². The highest BCUT2D eigenvalue weighted by atomic mass is 19.2. The third-order valence-electron chi connectivity index (χ3n) is 5.50. The van der Waals surface area contributed by atoms with E-state index in [-0.39, 0.29) is 11.5 Å². The molecule has 0 unspecified atom stereocenters. The Kier molecular flexibility index (Phi) is 5.14. The van der Waals surface area contributed by atoms with Crippen LogP contribution in [0.25, 0.3) is 28.0 Å². The lowest BCUT2D eigenvalue weighted by atomic mass is 10.0.